The van der Waals surface area contributed by atoms with E-state index in [2.05, 4.69) is 5.32 Å². The number of hydrogen-bond acceptors (Lipinski definition) is 5. The van der Waals surface area contributed by atoms with Crippen molar-refractivity contribution in [3.05, 3.63) is 64.5 Å². The van der Waals surface area contributed by atoms with E-state index in [9.17, 15) is 19.0 Å². The second kappa shape index (κ2) is 8.76. The van der Waals surface area contributed by atoms with Crippen LogP contribution in [-0.4, -0.2) is 30.1 Å². The molecular formula is C21H23BFNO5. The molecule has 2 N–H and O–H groups in total. The maximum Gasteiger partial charge on any atom is 0.491 e. The molecule has 2 aromatic carbocycles. The first kappa shape index (κ1) is 21.0. The van der Waals surface area contributed by atoms with Gasteiger partial charge in [-0.25, -0.2) is 9.18 Å². The molecule has 0 bridgehead atoms. The summed E-state index contributed by atoms with van der Waals surface area (Å²) >= 11 is 0. The number of esters is 1. The summed E-state index contributed by atoms with van der Waals surface area (Å²) in [6, 6.07) is 8.20. The van der Waals surface area contributed by atoms with Crippen molar-refractivity contribution < 1.29 is 28.4 Å². The highest BCUT2D eigenvalue weighted by Gasteiger charge is 2.31. The fourth-order valence-electron chi connectivity index (χ4n) is 3.18. The van der Waals surface area contributed by atoms with Gasteiger partial charge in [-0.2, -0.15) is 0 Å². The van der Waals surface area contributed by atoms with Crippen LogP contribution in [0.3, 0.4) is 0 Å². The van der Waals surface area contributed by atoms with Gasteiger partial charge in [0.1, 0.15) is 18.5 Å². The zero-order valence-electron chi connectivity index (χ0n) is 16.6. The highest BCUT2D eigenvalue weighted by atomic mass is 19.1. The van der Waals surface area contributed by atoms with Gasteiger partial charge in [-0.05, 0) is 53.2 Å². The van der Waals surface area contributed by atoms with Gasteiger partial charge in [-0.15, -0.1) is 0 Å². The van der Waals surface area contributed by atoms with Crippen LogP contribution in [0.1, 0.15) is 40.9 Å². The van der Waals surface area contributed by atoms with Crippen LogP contribution in [0, 0.1) is 18.7 Å². The number of benzene rings is 2. The third-order valence-corrected chi connectivity index (χ3v) is 4.90. The normalized spacial score (nSPS) is 13.9. The van der Waals surface area contributed by atoms with Gasteiger partial charge >= 0.3 is 13.1 Å². The van der Waals surface area contributed by atoms with Crippen LogP contribution in [0.5, 0.6) is 0 Å². The molecule has 0 fully saturated rings. The van der Waals surface area contributed by atoms with Crippen molar-refractivity contribution in [1.29, 1.82) is 0 Å². The molecule has 6 nitrogen and oxygen atoms in total. The van der Waals surface area contributed by atoms with Crippen LogP contribution in [-0.2, 0) is 27.4 Å². The molecule has 3 rings (SSSR count). The first-order valence-corrected chi connectivity index (χ1v) is 9.41. The Morgan fingerprint density at radius 3 is 2.62 bits per heavy atom. The lowest BCUT2D eigenvalue weighted by Gasteiger charge is -2.21. The predicted molar refractivity (Wildman–Crippen MR) is 106 cm³/mol. The van der Waals surface area contributed by atoms with Gasteiger partial charge in [0.25, 0.3) is 5.91 Å². The molecule has 1 heterocycles. The smallest absolute Gasteiger partial charge is 0.459 e. The third-order valence-electron chi connectivity index (χ3n) is 4.90. The number of rotatable bonds is 6. The lowest BCUT2D eigenvalue weighted by atomic mass is 9.78. The SMILES string of the molecule is Cc1cc2c(cc1C(=O)NC(C(=O)OCc1ccc(F)cc1)C(C)C)B(O)OC2. The van der Waals surface area contributed by atoms with Gasteiger partial charge in [-0.1, -0.05) is 32.0 Å². The third kappa shape index (κ3) is 4.83. The average molecular weight is 399 g/mol. The number of ether oxygens (including phenoxy) is 1. The second-order valence-corrected chi connectivity index (χ2v) is 7.46. The van der Waals surface area contributed by atoms with E-state index in [-0.39, 0.29) is 18.3 Å². The molecule has 1 atom stereocenters. The maximum atomic E-state index is 13.0. The molecule has 1 aliphatic heterocycles. The van der Waals surface area contributed by atoms with Gasteiger partial charge in [0, 0.05) is 5.56 Å². The summed E-state index contributed by atoms with van der Waals surface area (Å²) in [6.45, 7) is 5.68. The molecular weight excluding hydrogens is 376 g/mol. The molecule has 1 amide bonds. The number of halogens is 1. The Morgan fingerprint density at radius 1 is 1.28 bits per heavy atom. The molecule has 8 heteroatoms. The Labute approximate surface area is 169 Å². The Kier molecular flexibility index (Phi) is 6.34. The molecule has 0 saturated carbocycles. The van der Waals surface area contributed by atoms with E-state index < -0.39 is 25.0 Å². The highest BCUT2D eigenvalue weighted by molar-refractivity contribution is 6.61. The lowest BCUT2D eigenvalue weighted by Crippen LogP contribution is -2.45. The van der Waals surface area contributed by atoms with Crippen LogP contribution < -0.4 is 10.8 Å². The summed E-state index contributed by atoms with van der Waals surface area (Å²) < 4.78 is 23.5. The molecule has 0 aliphatic carbocycles. The minimum absolute atomic E-state index is 0.0143. The molecule has 2 aromatic rings. The fraction of sp³-hybridized carbons (Fsp3) is 0.333. The number of carbonyl (C=O) groups is 2. The Morgan fingerprint density at radius 2 is 1.97 bits per heavy atom. The molecule has 0 saturated heterocycles. The van der Waals surface area contributed by atoms with Gasteiger partial charge in [0.2, 0.25) is 0 Å². The molecule has 0 radical (unpaired) electrons. The number of aryl methyl sites for hydroxylation is 1. The predicted octanol–water partition coefficient (Wildman–Crippen LogP) is 1.85. The molecule has 152 valence electrons. The van der Waals surface area contributed by atoms with E-state index in [0.717, 1.165) is 11.1 Å². The average Bonchev–Trinajstić information content (AvgIpc) is 3.04. The largest absolute Gasteiger partial charge is 0.491 e. The van der Waals surface area contributed by atoms with E-state index in [1.54, 1.807) is 32.9 Å². The first-order valence-electron chi connectivity index (χ1n) is 9.41. The van der Waals surface area contributed by atoms with Crippen molar-refractivity contribution >= 4 is 24.5 Å². The lowest BCUT2D eigenvalue weighted by molar-refractivity contribution is -0.148. The van der Waals surface area contributed by atoms with Crippen LogP contribution >= 0.6 is 0 Å². The molecule has 1 aliphatic rings. The molecule has 29 heavy (non-hydrogen) atoms. The Hall–Kier alpha value is -2.71. The van der Waals surface area contributed by atoms with Gasteiger partial charge in [0.15, 0.2) is 0 Å². The summed E-state index contributed by atoms with van der Waals surface area (Å²) in [5.74, 6) is -1.57. The standard InChI is InChI=1S/C21H23BFNO5/c1-12(2)19(21(26)28-10-14-4-6-16(23)7-5-14)24-20(25)17-9-18-15(8-13(17)3)11-29-22(18)27/h4-9,12,19,27H,10-11H2,1-3H3,(H,24,25). The van der Waals surface area contributed by atoms with Crippen molar-refractivity contribution in [1.82, 2.24) is 5.32 Å². The molecule has 0 aromatic heterocycles. The van der Waals surface area contributed by atoms with Crippen LogP contribution in [0.4, 0.5) is 4.39 Å². The monoisotopic (exact) mass is 399 g/mol. The van der Waals surface area contributed by atoms with E-state index >= 15 is 0 Å². The zero-order valence-corrected chi connectivity index (χ0v) is 16.6. The quantitative estimate of drug-likeness (QED) is 0.572. The summed E-state index contributed by atoms with van der Waals surface area (Å²) in [5, 5.41) is 12.6. The van der Waals surface area contributed by atoms with E-state index in [1.807, 2.05) is 0 Å². The van der Waals surface area contributed by atoms with Gasteiger partial charge < -0.3 is 19.7 Å². The van der Waals surface area contributed by atoms with Crippen molar-refractivity contribution in [2.75, 3.05) is 0 Å². The number of carbonyl (C=O) groups excluding carboxylic acids is 2. The van der Waals surface area contributed by atoms with Crippen molar-refractivity contribution in [2.24, 2.45) is 5.92 Å². The Balaban J connectivity index is 1.70. The first-order chi connectivity index (χ1) is 13.8. The van der Waals surface area contributed by atoms with Crippen molar-refractivity contribution in [3.63, 3.8) is 0 Å². The van der Waals surface area contributed by atoms with E-state index in [1.165, 1.54) is 24.3 Å². The summed E-state index contributed by atoms with van der Waals surface area (Å²) in [6.07, 6.45) is 0. The number of fused-ring (bicyclic) bond motifs is 1. The number of hydrogen-bond donors (Lipinski definition) is 2. The van der Waals surface area contributed by atoms with Gasteiger partial charge in [0.05, 0.1) is 6.61 Å². The van der Waals surface area contributed by atoms with Crippen LogP contribution in [0.2, 0.25) is 0 Å². The number of amides is 1. The molecule has 1 unspecified atom stereocenters. The second-order valence-electron chi connectivity index (χ2n) is 7.46. The highest BCUT2D eigenvalue weighted by Crippen LogP contribution is 2.17. The number of nitrogens with one attached hydrogen (secondary N) is 1. The Bertz CT molecular complexity index is 916. The fourth-order valence-corrected chi connectivity index (χ4v) is 3.18. The topological polar surface area (TPSA) is 84.9 Å². The summed E-state index contributed by atoms with van der Waals surface area (Å²) in [5.41, 5.74) is 3.13. The summed E-state index contributed by atoms with van der Waals surface area (Å²) in [7, 11) is -1.06. The minimum atomic E-state index is -1.06. The van der Waals surface area contributed by atoms with E-state index in [4.69, 9.17) is 9.39 Å². The maximum absolute atomic E-state index is 13.0. The van der Waals surface area contributed by atoms with Gasteiger partial charge in [-0.3, -0.25) is 4.79 Å². The van der Waals surface area contributed by atoms with Crippen molar-refractivity contribution in [2.45, 2.75) is 40.0 Å². The van der Waals surface area contributed by atoms with Crippen molar-refractivity contribution in [3.8, 4) is 0 Å². The van der Waals surface area contributed by atoms with Crippen LogP contribution in [0.15, 0.2) is 36.4 Å². The minimum Gasteiger partial charge on any atom is -0.459 e. The molecule has 0 spiro atoms. The zero-order chi connectivity index (χ0) is 21.1. The van der Waals surface area contributed by atoms with E-state index in [0.29, 0.717) is 23.2 Å². The summed E-state index contributed by atoms with van der Waals surface area (Å²) in [4.78, 5) is 25.4. The van der Waals surface area contributed by atoms with Crippen LogP contribution in [0.25, 0.3) is 0 Å².